The van der Waals surface area contributed by atoms with Crippen LogP contribution in [0.2, 0.25) is 0 Å². The number of carbonyl (C=O) groups is 1. The highest BCUT2D eigenvalue weighted by molar-refractivity contribution is 5.94. The molecule has 1 aliphatic carbocycles. The lowest BCUT2D eigenvalue weighted by molar-refractivity contribution is 0.0952. The molecule has 1 heterocycles. The third-order valence-electron chi connectivity index (χ3n) is 3.80. The van der Waals surface area contributed by atoms with E-state index in [9.17, 15) is 4.79 Å². The van der Waals surface area contributed by atoms with E-state index in [2.05, 4.69) is 20.5 Å². The van der Waals surface area contributed by atoms with Crippen molar-refractivity contribution in [3.8, 4) is 0 Å². The van der Waals surface area contributed by atoms with E-state index in [1.807, 2.05) is 20.2 Å². The van der Waals surface area contributed by atoms with Crippen LogP contribution in [0, 0.1) is 0 Å². The lowest BCUT2D eigenvalue weighted by Crippen LogP contribution is -2.27. The molecule has 1 aromatic rings. The number of nitrogens with zero attached hydrogens (tertiary/aromatic N) is 2. The molecule has 0 spiro atoms. The number of rotatable bonds is 7. The maximum atomic E-state index is 12.1. The molecule has 5 heteroatoms. The lowest BCUT2D eigenvalue weighted by Gasteiger charge is -2.13. The zero-order valence-corrected chi connectivity index (χ0v) is 13.1. The second kappa shape index (κ2) is 7.98. The van der Waals surface area contributed by atoms with Crippen LogP contribution in [-0.2, 0) is 0 Å². The van der Waals surface area contributed by atoms with Crippen molar-refractivity contribution >= 4 is 11.7 Å². The van der Waals surface area contributed by atoms with E-state index >= 15 is 0 Å². The van der Waals surface area contributed by atoms with E-state index in [4.69, 9.17) is 0 Å². The second-order valence-corrected chi connectivity index (χ2v) is 5.97. The van der Waals surface area contributed by atoms with Gasteiger partial charge in [-0.05, 0) is 52.0 Å². The molecule has 116 valence electrons. The van der Waals surface area contributed by atoms with E-state index in [0.717, 1.165) is 18.8 Å². The van der Waals surface area contributed by atoms with Crippen molar-refractivity contribution in [1.82, 2.24) is 15.2 Å². The van der Waals surface area contributed by atoms with Gasteiger partial charge in [0.2, 0.25) is 0 Å². The summed E-state index contributed by atoms with van der Waals surface area (Å²) in [6.45, 7) is 1.68. The summed E-state index contributed by atoms with van der Waals surface area (Å²) in [5, 5.41) is 6.37. The zero-order valence-electron chi connectivity index (χ0n) is 13.1. The first-order valence-electron chi connectivity index (χ1n) is 7.80. The van der Waals surface area contributed by atoms with Crippen LogP contribution in [0.1, 0.15) is 42.5 Å². The van der Waals surface area contributed by atoms with E-state index in [0.29, 0.717) is 18.2 Å². The van der Waals surface area contributed by atoms with Crippen LogP contribution >= 0.6 is 0 Å². The van der Waals surface area contributed by atoms with Crippen molar-refractivity contribution in [3.05, 3.63) is 23.9 Å². The predicted octanol–water partition coefficient (Wildman–Crippen LogP) is 2.12. The van der Waals surface area contributed by atoms with Gasteiger partial charge in [0.15, 0.2) is 0 Å². The van der Waals surface area contributed by atoms with Gasteiger partial charge in [-0.1, -0.05) is 12.8 Å². The fourth-order valence-corrected chi connectivity index (χ4v) is 2.63. The Labute approximate surface area is 127 Å². The molecular formula is C16H26N4O. The molecule has 0 radical (unpaired) electrons. The smallest absolute Gasteiger partial charge is 0.251 e. The Morgan fingerprint density at radius 3 is 2.86 bits per heavy atom. The molecule has 0 unspecified atom stereocenters. The number of carbonyl (C=O) groups excluding carboxylic acids is 1. The standard InChI is InChI=1S/C16H26N4O/c1-20(2)11-5-9-18-16(21)13-8-10-17-15(12-13)19-14-6-3-4-7-14/h8,10,12,14H,3-7,9,11H2,1-2H3,(H,17,19)(H,18,21). The van der Waals surface area contributed by atoms with E-state index in [1.165, 1.54) is 25.7 Å². The van der Waals surface area contributed by atoms with Gasteiger partial charge in [0.05, 0.1) is 0 Å². The Kier molecular flexibility index (Phi) is 5.99. The number of nitrogens with one attached hydrogen (secondary N) is 2. The minimum Gasteiger partial charge on any atom is -0.367 e. The van der Waals surface area contributed by atoms with Gasteiger partial charge in [-0.3, -0.25) is 4.79 Å². The first kappa shape index (κ1) is 15.8. The molecule has 1 aliphatic rings. The van der Waals surface area contributed by atoms with Crippen molar-refractivity contribution in [2.24, 2.45) is 0 Å². The fraction of sp³-hybridized carbons (Fsp3) is 0.625. The molecule has 2 N–H and O–H groups in total. The number of amides is 1. The molecule has 21 heavy (non-hydrogen) atoms. The average Bonchev–Trinajstić information content (AvgIpc) is 2.96. The molecule has 0 aromatic carbocycles. The Morgan fingerprint density at radius 2 is 2.14 bits per heavy atom. The number of hydrogen-bond donors (Lipinski definition) is 2. The Balaban J connectivity index is 1.82. The van der Waals surface area contributed by atoms with Crippen molar-refractivity contribution in [2.45, 2.75) is 38.1 Å². The summed E-state index contributed by atoms with van der Waals surface area (Å²) < 4.78 is 0. The van der Waals surface area contributed by atoms with Gasteiger partial charge in [-0.25, -0.2) is 4.98 Å². The molecule has 0 saturated heterocycles. The second-order valence-electron chi connectivity index (χ2n) is 5.97. The molecule has 1 aromatic heterocycles. The van der Waals surface area contributed by atoms with Gasteiger partial charge in [0.1, 0.15) is 5.82 Å². The Bertz CT molecular complexity index is 455. The highest BCUT2D eigenvalue weighted by atomic mass is 16.1. The molecule has 2 rings (SSSR count). The van der Waals surface area contributed by atoms with Crippen LogP contribution in [-0.4, -0.2) is 49.0 Å². The highest BCUT2D eigenvalue weighted by Crippen LogP contribution is 2.21. The largest absolute Gasteiger partial charge is 0.367 e. The van der Waals surface area contributed by atoms with Crippen LogP contribution < -0.4 is 10.6 Å². The summed E-state index contributed by atoms with van der Waals surface area (Å²) >= 11 is 0. The monoisotopic (exact) mass is 290 g/mol. The molecule has 1 saturated carbocycles. The maximum Gasteiger partial charge on any atom is 0.251 e. The lowest BCUT2D eigenvalue weighted by atomic mass is 10.2. The molecule has 0 atom stereocenters. The third-order valence-corrected chi connectivity index (χ3v) is 3.80. The summed E-state index contributed by atoms with van der Waals surface area (Å²) in [6, 6.07) is 4.12. The quantitative estimate of drug-likeness (QED) is 0.755. The van der Waals surface area contributed by atoms with Gasteiger partial charge >= 0.3 is 0 Å². The van der Waals surface area contributed by atoms with Gasteiger partial charge in [-0.15, -0.1) is 0 Å². The minimum absolute atomic E-state index is 0.0226. The molecule has 0 aliphatic heterocycles. The molecule has 0 bridgehead atoms. The maximum absolute atomic E-state index is 12.1. The van der Waals surface area contributed by atoms with Crippen molar-refractivity contribution in [3.63, 3.8) is 0 Å². The number of aromatic nitrogens is 1. The normalized spacial score (nSPS) is 15.4. The topological polar surface area (TPSA) is 57.3 Å². The van der Waals surface area contributed by atoms with Crippen molar-refractivity contribution in [2.75, 3.05) is 32.5 Å². The first-order valence-corrected chi connectivity index (χ1v) is 7.80. The van der Waals surface area contributed by atoms with Gasteiger partial charge in [0, 0.05) is 24.3 Å². The van der Waals surface area contributed by atoms with Gasteiger partial charge < -0.3 is 15.5 Å². The van der Waals surface area contributed by atoms with Crippen LogP contribution in [0.5, 0.6) is 0 Å². The summed E-state index contributed by atoms with van der Waals surface area (Å²) in [6.07, 6.45) is 7.61. The Morgan fingerprint density at radius 1 is 1.38 bits per heavy atom. The summed E-state index contributed by atoms with van der Waals surface area (Å²) in [7, 11) is 4.07. The van der Waals surface area contributed by atoms with Gasteiger partial charge in [-0.2, -0.15) is 0 Å². The van der Waals surface area contributed by atoms with Crippen LogP contribution in [0.15, 0.2) is 18.3 Å². The average molecular weight is 290 g/mol. The van der Waals surface area contributed by atoms with E-state index < -0.39 is 0 Å². The molecule has 1 fully saturated rings. The summed E-state index contributed by atoms with van der Waals surface area (Å²) in [5.41, 5.74) is 0.676. The fourth-order valence-electron chi connectivity index (χ4n) is 2.63. The number of anilines is 1. The minimum atomic E-state index is -0.0226. The molecule has 1 amide bonds. The van der Waals surface area contributed by atoms with Crippen molar-refractivity contribution < 1.29 is 4.79 Å². The molecular weight excluding hydrogens is 264 g/mol. The van der Waals surface area contributed by atoms with E-state index in [1.54, 1.807) is 12.3 Å². The number of hydrogen-bond acceptors (Lipinski definition) is 4. The summed E-state index contributed by atoms with van der Waals surface area (Å²) in [4.78, 5) is 18.5. The predicted molar refractivity (Wildman–Crippen MR) is 85.6 cm³/mol. The van der Waals surface area contributed by atoms with Crippen LogP contribution in [0.4, 0.5) is 5.82 Å². The number of pyridine rings is 1. The van der Waals surface area contributed by atoms with E-state index in [-0.39, 0.29) is 5.91 Å². The first-order chi connectivity index (χ1) is 10.1. The highest BCUT2D eigenvalue weighted by Gasteiger charge is 2.15. The van der Waals surface area contributed by atoms with Crippen LogP contribution in [0.25, 0.3) is 0 Å². The van der Waals surface area contributed by atoms with Crippen molar-refractivity contribution in [1.29, 1.82) is 0 Å². The zero-order chi connectivity index (χ0) is 15.1. The third kappa shape index (κ3) is 5.34. The summed E-state index contributed by atoms with van der Waals surface area (Å²) in [5.74, 6) is 0.786. The molecule has 5 nitrogen and oxygen atoms in total. The van der Waals surface area contributed by atoms with Crippen LogP contribution in [0.3, 0.4) is 0 Å². The SMILES string of the molecule is CN(C)CCCNC(=O)c1ccnc(NC2CCCC2)c1. The van der Waals surface area contributed by atoms with Gasteiger partial charge in [0.25, 0.3) is 5.91 Å². The Hall–Kier alpha value is -1.62.